The van der Waals surface area contributed by atoms with Crippen LogP contribution in [0.5, 0.6) is 0 Å². The molecule has 3 heteroatoms. The van der Waals surface area contributed by atoms with E-state index in [1.165, 1.54) is 0 Å². The van der Waals surface area contributed by atoms with Crippen LogP contribution in [0.1, 0.15) is 24.1 Å². The molecule has 0 atom stereocenters. The number of hydrogen-bond donors (Lipinski definition) is 2. The van der Waals surface area contributed by atoms with Gasteiger partial charge in [-0.05, 0) is 13.3 Å². The molecule has 1 heterocycles. The Morgan fingerprint density at radius 1 is 1.55 bits per heavy atom. The highest BCUT2D eigenvalue weighted by Crippen LogP contribution is 2.05. The molecule has 2 N–H and O–H groups in total. The molecule has 0 aliphatic heterocycles. The first-order chi connectivity index (χ1) is 5.27. The SMILES string of the molecule is CCc1nc(CCO)[nH]c1C. The molecule has 0 aliphatic carbocycles. The first kappa shape index (κ1) is 8.27. The predicted octanol–water partition coefficient (Wildman–Crippen LogP) is 0.815. The highest BCUT2D eigenvalue weighted by atomic mass is 16.3. The van der Waals surface area contributed by atoms with Crippen molar-refractivity contribution in [1.82, 2.24) is 9.97 Å². The number of imidazole rings is 1. The minimum atomic E-state index is 0.163. The van der Waals surface area contributed by atoms with Crippen molar-refractivity contribution in [2.45, 2.75) is 26.7 Å². The second-order valence-corrected chi connectivity index (χ2v) is 2.58. The third-order valence-electron chi connectivity index (χ3n) is 1.72. The monoisotopic (exact) mass is 154 g/mol. The van der Waals surface area contributed by atoms with Crippen LogP contribution in [0.4, 0.5) is 0 Å². The van der Waals surface area contributed by atoms with Gasteiger partial charge < -0.3 is 10.1 Å². The van der Waals surface area contributed by atoms with Crippen molar-refractivity contribution < 1.29 is 5.11 Å². The van der Waals surface area contributed by atoms with Crippen molar-refractivity contribution in [3.05, 3.63) is 17.2 Å². The number of aromatic amines is 1. The standard InChI is InChI=1S/C8H14N2O/c1-3-7-6(2)9-8(10-7)4-5-11/h11H,3-5H2,1-2H3,(H,9,10). The molecule has 0 unspecified atom stereocenters. The van der Waals surface area contributed by atoms with Crippen molar-refractivity contribution in [2.24, 2.45) is 0 Å². The maximum absolute atomic E-state index is 8.63. The van der Waals surface area contributed by atoms with Crippen LogP contribution >= 0.6 is 0 Å². The molecule has 1 aromatic rings. The van der Waals surface area contributed by atoms with Gasteiger partial charge in [0.25, 0.3) is 0 Å². The predicted molar refractivity (Wildman–Crippen MR) is 43.5 cm³/mol. The summed E-state index contributed by atoms with van der Waals surface area (Å²) in [6, 6.07) is 0. The minimum absolute atomic E-state index is 0.163. The van der Waals surface area contributed by atoms with E-state index in [1.807, 2.05) is 6.92 Å². The zero-order valence-electron chi connectivity index (χ0n) is 7.02. The number of aryl methyl sites for hydroxylation is 2. The molecule has 0 saturated carbocycles. The summed E-state index contributed by atoms with van der Waals surface area (Å²) >= 11 is 0. The van der Waals surface area contributed by atoms with Gasteiger partial charge in [-0.1, -0.05) is 6.92 Å². The molecule has 0 saturated heterocycles. The van der Waals surface area contributed by atoms with E-state index in [0.717, 1.165) is 23.6 Å². The van der Waals surface area contributed by atoms with E-state index in [0.29, 0.717) is 6.42 Å². The van der Waals surface area contributed by atoms with Gasteiger partial charge in [-0.3, -0.25) is 0 Å². The van der Waals surface area contributed by atoms with Crippen LogP contribution in [-0.4, -0.2) is 21.7 Å². The summed E-state index contributed by atoms with van der Waals surface area (Å²) in [6.45, 7) is 4.24. The zero-order valence-corrected chi connectivity index (χ0v) is 7.02. The van der Waals surface area contributed by atoms with E-state index < -0.39 is 0 Å². The Hall–Kier alpha value is -0.830. The minimum Gasteiger partial charge on any atom is -0.396 e. The molecule has 62 valence electrons. The Morgan fingerprint density at radius 3 is 2.73 bits per heavy atom. The fourth-order valence-corrected chi connectivity index (χ4v) is 1.13. The van der Waals surface area contributed by atoms with E-state index in [1.54, 1.807) is 0 Å². The number of H-pyrrole nitrogens is 1. The van der Waals surface area contributed by atoms with E-state index in [2.05, 4.69) is 16.9 Å². The van der Waals surface area contributed by atoms with E-state index in [9.17, 15) is 0 Å². The van der Waals surface area contributed by atoms with Gasteiger partial charge in [0.05, 0.1) is 12.3 Å². The number of aliphatic hydroxyl groups is 1. The van der Waals surface area contributed by atoms with Crippen LogP contribution in [0.3, 0.4) is 0 Å². The Kier molecular flexibility index (Phi) is 2.65. The van der Waals surface area contributed by atoms with Crippen molar-refractivity contribution in [3.8, 4) is 0 Å². The fourth-order valence-electron chi connectivity index (χ4n) is 1.13. The molecule has 1 rings (SSSR count). The van der Waals surface area contributed by atoms with Crippen LogP contribution in [-0.2, 0) is 12.8 Å². The Bertz CT molecular complexity index is 230. The van der Waals surface area contributed by atoms with Crippen molar-refractivity contribution in [3.63, 3.8) is 0 Å². The Morgan fingerprint density at radius 2 is 2.27 bits per heavy atom. The van der Waals surface area contributed by atoms with Crippen LogP contribution in [0, 0.1) is 6.92 Å². The first-order valence-corrected chi connectivity index (χ1v) is 3.93. The smallest absolute Gasteiger partial charge is 0.108 e. The van der Waals surface area contributed by atoms with Gasteiger partial charge in [-0.25, -0.2) is 4.98 Å². The highest BCUT2D eigenvalue weighted by Gasteiger charge is 2.02. The summed E-state index contributed by atoms with van der Waals surface area (Å²) in [7, 11) is 0. The second-order valence-electron chi connectivity index (χ2n) is 2.58. The lowest BCUT2D eigenvalue weighted by Crippen LogP contribution is -1.92. The molecule has 11 heavy (non-hydrogen) atoms. The third-order valence-corrected chi connectivity index (χ3v) is 1.72. The molecule has 0 aliphatic rings. The molecule has 3 nitrogen and oxygen atoms in total. The molecule has 0 spiro atoms. The lowest BCUT2D eigenvalue weighted by Gasteiger charge is -1.87. The van der Waals surface area contributed by atoms with Gasteiger partial charge in [0.15, 0.2) is 0 Å². The van der Waals surface area contributed by atoms with Crippen molar-refractivity contribution in [1.29, 1.82) is 0 Å². The molecule has 0 radical (unpaired) electrons. The average Bonchev–Trinajstić information content (AvgIpc) is 2.32. The molecule has 0 amide bonds. The lowest BCUT2D eigenvalue weighted by atomic mass is 10.3. The van der Waals surface area contributed by atoms with E-state index in [-0.39, 0.29) is 6.61 Å². The summed E-state index contributed by atoms with van der Waals surface area (Å²) in [4.78, 5) is 7.43. The number of rotatable bonds is 3. The molecule has 0 aromatic carbocycles. The molecular formula is C8H14N2O. The summed E-state index contributed by atoms with van der Waals surface area (Å²) in [5, 5.41) is 8.63. The number of aliphatic hydroxyl groups excluding tert-OH is 1. The van der Waals surface area contributed by atoms with Gasteiger partial charge >= 0.3 is 0 Å². The summed E-state index contributed by atoms with van der Waals surface area (Å²) in [5.74, 6) is 0.891. The highest BCUT2D eigenvalue weighted by molar-refractivity contribution is 5.12. The number of nitrogens with one attached hydrogen (secondary N) is 1. The van der Waals surface area contributed by atoms with Gasteiger partial charge in [0, 0.05) is 12.1 Å². The van der Waals surface area contributed by atoms with Crippen molar-refractivity contribution in [2.75, 3.05) is 6.61 Å². The quantitative estimate of drug-likeness (QED) is 0.677. The molecule has 0 fully saturated rings. The normalized spacial score (nSPS) is 10.5. The van der Waals surface area contributed by atoms with Gasteiger partial charge in [-0.2, -0.15) is 0 Å². The average molecular weight is 154 g/mol. The topological polar surface area (TPSA) is 48.9 Å². The van der Waals surface area contributed by atoms with E-state index in [4.69, 9.17) is 5.11 Å². The van der Waals surface area contributed by atoms with Gasteiger partial charge in [0.1, 0.15) is 5.82 Å². The van der Waals surface area contributed by atoms with Crippen molar-refractivity contribution >= 4 is 0 Å². The van der Waals surface area contributed by atoms with E-state index >= 15 is 0 Å². The third kappa shape index (κ3) is 1.80. The summed E-state index contributed by atoms with van der Waals surface area (Å²) < 4.78 is 0. The second kappa shape index (κ2) is 3.53. The lowest BCUT2D eigenvalue weighted by molar-refractivity contribution is 0.297. The zero-order chi connectivity index (χ0) is 8.27. The molecule has 0 bridgehead atoms. The Labute approximate surface area is 66.5 Å². The number of hydrogen-bond acceptors (Lipinski definition) is 2. The fraction of sp³-hybridized carbons (Fsp3) is 0.625. The maximum Gasteiger partial charge on any atom is 0.108 e. The van der Waals surface area contributed by atoms with Crippen LogP contribution in [0.2, 0.25) is 0 Å². The van der Waals surface area contributed by atoms with Gasteiger partial charge in [0.2, 0.25) is 0 Å². The van der Waals surface area contributed by atoms with Crippen LogP contribution in [0.15, 0.2) is 0 Å². The van der Waals surface area contributed by atoms with Gasteiger partial charge in [-0.15, -0.1) is 0 Å². The van der Waals surface area contributed by atoms with Crippen LogP contribution in [0.25, 0.3) is 0 Å². The Balaban J connectivity index is 2.77. The number of nitrogens with zero attached hydrogens (tertiary/aromatic N) is 1. The number of aromatic nitrogens is 2. The molecule has 1 aromatic heterocycles. The van der Waals surface area contributed by atoms with Crippen LogP contribution < -0.4 is 0 Å². The summed E-state index contributed by atoms with van der Waals surface area (Å²) in [6.07, 6.45) is 1.58. The maximum atomic E-state index is 8.63. The first-order valence-electron chi connectivity index (χ1n) is 3.93. The molecular weight excluding hydrogens is 140 g/mol. The summed E-state index contributed by atoms with van der Waals surface area (Å²) in [5.41, 5.74) is 2.23. The largest absolute Gasteiger partial charge is 0.396 e.